The van der Waals surface area contributed by atoms with Crippen LogP contribution in [0.25, 0.3) is 0 Å². The van der Waals surface area contributed by atoms with Crippen LogP contribution in [0.3, 0.4) is 0 Å². The molecule has 0 bridgehead atoms. The third kappa shape index (κ3) is 36.6. The lowest BCUT2D eigenvalue weighted by Crippen LogP contribution is -2.34. The Bertz CT molecular complexity index is 890. The number of carboxylic acid groups (broad SMARTS) is 1. The van der Waals surface area contributed by atoms with E-state index in [1.54, 1.807) is 0 Å². The summed E-state index contributed by atoms with van der Waals surface area (Å²) >= 11 is 0. The van der Waals surface area contributed by atoms with E-state index in [2.05, 4.69) is 11.4 Å². The van der Waals surface area contributed by atoms with Crippen molar-refractivity contribution in [2.75, 3.05) is 19.8 Å². The molecule has 1 unspecified atom stereocenters. The molecule has 0 aromatic rings. The minimum Gasteiger partial charge on any atom is -0.480 e. The van der Waals surface area contributed by atoms with E-state index in [0.29, 0.717) is 6.42 Å². The van der Waals surface area contributed by atoms with E-state index in [1.807, 2.05) is 0 Å². The highest BCUT2D eigenvalue weighted by Gasteiger charge is 2.27. The first-order valence-electron chi connectivity index (χ1n) is 20.5. The highest BCUT2D eigenvalue weighted by atomic mass is 31.2. The Kier molecular flexibility index (Phi) is 34.4. The molecule has 51 heavy (non-hydrogen) atoms. The van der Waals surface area contributed by atoms with Gasteiger partial charge in [-0.25, -0.2) is 4.57 Å². The quantitative estimate of drug-likeness (QED) is 0.0310. The molecule has 0 radical (unpaired) electrons. The molecule has 0 aliphatic rings. The molecule has 0 rings (SSSR count). The minimum absolute atomic E-state index is 0.224. The first-order valence-corrected chi connectivity index (χ1v) is 22.0. The van der Waals surface area contributed by atoms with Crippen molar-refractivity contribution in [1.29, 1.82) is 0 Å². The second-order valence-corrected chi connectivity index (χ2v) is 15.7. The van der Waals surface area contributed by atoms with Crippen LogP contribution in [0.1, 0.15) is 200 Å². The second kappa shape index (κ2) is 35.5. The summed E-state index contributed by atoms with van der Waals surface area (Å²) in [6, 6.07) is -1.51. The van der Waals surface area contributed by atoms with E-state index in [0.717, 1.165) is 26.2 Å². The van der Waals surface area contributed by atoms with Gasteiger partial charge in [0.25, 0.3) is 0 Å². The molecule has 302 valence electrons. The number of rotatable bonds is 39. The van der Waals surface area contributed by atoms with Crippen molar-refractivity contribution >= 4 is 25.7 Å². The molecule has 0 saturated heterocycles. The van der Waals surface area contributed by atoms with Crippen LogP contribution in [-0.4, -0.2) is 59.9 Å². The lowest BCUT2D eigenvalue weighted by Gasteiger charge is -2.19. The van der Waals surface area contributed by atoms with Gasteiger partial charge in [0, 0.05) is 13.3 Å². The van der Waals surface area contributed by atoms with Crippen molar-refractivity contribution in [2.45, 2.75) is 212 Å². The summed E-state index contributed by atoms with van der Waals surface area (Å²) in [6.07, 6.45) is 36.3. The number of unbranched alkanes of at least 4 members (excludes halogenated alkanes) is 27. The molecule has 0 aromatic carbocycles. The van der Waals surface area contributed by atoms with Crippen LogP contribution in [0.15, 0.2) is 0 Å². The summed E-state index contributed by atoms with van der Waals surface area (Å²) in [5.74, 6) is -2.56. The van der Waals surface area contributed by atoms with Crippen LogP contribution >= 0.6 is 7.82 Å². The van der Waals surface area contributed by atoms with Crippen molar-refractivity contribution < 1.29 is 47.5 Å². The molecular weight excluding hydrogens is 673 g/mol. The van der Waals surface area contributed by atoms with Crippen molar-refractivity contribution in [3.05, 3.63) is 0 Å². The van der Waals surface area contributed by atoms with Crippen molar-refractivity contribution in [2.24, 2.45) is 5.73 Å². The van der Waals surface area contributed by atoms with Gasteiger partial charge in [0.05, 0.1) is 13.2 Å². The average molecular weight is 750 g/mol. The molecule has 0 fully saturated rings. The van der Waals surface area contributed by atoms with Gasteiger partial charge >= 0.3 is 25.7 Å². The number of aliphatic carboxylic acids is 1. The number of hydrogen-bond acceptors (Lipinski definition) is 9. The Balaban J connectivity index is 3.55. The summed E-state index contributed by atoms with van der Waals surface area (Å²) in [5.41, 5.74) is 5.23. The van der Waals surface area contributed by atoms with Crippen molar-refractivity contribution in [3.63, 3.8) is 0 Å². The number of nitrogens with two attached hydrogens (primary N) is 1. The zero-order valence-electron chi connectivity index (χ0n) is 32.5. The highest BCUT2D eigenvalue weighted by molar-refractivity contribution is 7.47. The van der Waals surface area contributed by atoms with Crippen LogP contribution in [0.4, 0.5) is 0 Å². The molecule has 0 amide bonds. The summed E-state index contributed by atoms with van der Waals surface area (Å²) in [7, 11) is -4.66. The maximum absolute atomic E-state index is 12.1. The predicted molar refractivity (Wildman–Crippen MR) is 203 cm³/mol. The molecule has 0 aliphatic carbocycles. The Hall–Kier alpha value is -1.52. The molecule has 12 heteroatoms. The summed E-state index contributed by atoms with van der Waals surface area (Å²) in [4.78, 5) is 43.9. The normalized spacial score (nSPS) is 13.8. The highest BCUT2D eigenvalue weighted by Crippen LogP contribution is 2.43. The number of esters is 2. The van der Waals surface area contributed by atoms with Crippen LogP contribution in [0.2, 0.25) is 0 Å². The molecule has 0 aromatic heterocycles. The number of carbonyl (C=O) groups is 3. The van der Waals surface area contributed by atoms with Gasteiger partial charge in [-0.1, -0.05) is 180 Å². The topological polar surface area (TPSA) is 172 Å². The first-order chi connectivity index (χ1) is 24.6. The van der Waals surface area contributed by atoms with Crippen LogP contribution in [0, 0.1) is 0 Å². The van der Waals surface area contributed by atoms with E-state index < -0.39 is 51.1 Å². The molecule has 0 heterocycles. The van der Waals surface area contributed by atoms with Crippen LogP contribution in [-0.2, 0) is 37.5 Å². The number of phosphoric ester groups is 1. The number of ether oxygens (including phenoxy) is 2. The van der Waals surface area contributed by atoms with Crippen LogP contribution < -0.4 is 5.73 Å². The van der Waals surface area contributed by atoms with E-state index in [-0.39, 0.29) is 13.0 Å². The zero-order valence-corrected chi connectivity index (χ0v) is 33.4. The predicted octanol–water partition coefficient (Wildman–Crippen LogP) is 10.3. The average Bonchev–Trinajstić information content (AvgIpc) is 3.09. The molecule has 0 saturated carbocycles. The van der Waals surface area contributed by atoms with Gasteiger partial charge in [-0.3, -0.25) is 23.4 Å². The maximum Gasteiger partial charge on any atom is 0.472 e. The van der Waals surface area contributed by atoms with Gasteiger partial charge in [-0.15, -0.1) is 0 Å². The number of phosphoric acid groups is 1. The summed E-state index contributed by atoms with van der Waals surface area (Å²) in [5, 5.41) is 8.72. The summed E-state index contributed by atoms with van der Waals surface area (Å²) < 4.78 is 31.3. The fraction of sp³-hybridized carbons (Fsp3) is 0.923. The first kappa shape index (κ1) is 49.5. The Labute approximate surface area is 310 Å². The second-order valence-electron chi connectivity index (χ2n) is 14.2. The zero-order chi connectivity index (χ0) is 37.8. The maximum atomic E-state index is 12.1. The molecule has 3 atom stereocenters. The Morgan fingerprint density at radius 1 is 0.569 bits per heavy atom. The molecule has 4 N–H and O–H groups in total. The fourth-order valence-electron chi connectivity index (χ4n) is 6.01. The van der Waals surface area contributed by atoms with Gasteiger partial charge in [0.15, 0.2) is 6.10 Å². The Morgan fingerprint density at radius 3 is 1.24 bits per heavy atom. The van der Waals surface area contributed by atoms with Crippen molar-refractivity contribution in [3.8, 4) is 0 Å². The largest absolute Gasteiger partial charge is 0.480 e. The number of hydrogen-bond donors (Lipinski definition) is 3. The number of carbonyl (C=O) groups excluding carboxylic acids is 2. The molecule has 0 spiro atoms. The van der Waals surface area contributed by atoms with E-state index in [9.17, 15) is 23.8 Å². The monoisotopic (exact) mass is 750 g/mol. The van der Waals surface area contributed by atoms with Crippen LogP contribution in [0.5, 0.6) is 0 Å². The molecular formula is C39H76NO10P. The van der Waals surface area contributed by atoms with E-state index >= 15 is 0 Å². The van der Waals surface area contributed by atoms with Gasteiger partial charge < -0.3 is 25.2 Å². The minimum atomic E-state index is -4.66. The Morgan fingerprint density at radius 2 is 0.902 bits per heavy atom. The van der Waals surface area contributed by atoms with Gasteiger partial charge in [-0.2, -0.15) is 0 Å². The summed E-state index contributed by atoms with van der Waals surface area (Å²) in [6.45, 7) is 1.72. The third-order valence-corrected chi connectivity index (χ3v) is 10.1. The third-order valence-electron chi connectivity index (χ3n) is 9.16. The smallest absolute Gasteiger partial charge is 0.472 e. The molecule has 0 aliphatic heterocycles. The lowest BCUT2D eigenvalue weighted by molar-refractivity contribution is -0.159. The van der Waals surface area contributed by atoms with Gasteiger partial charge in [0.2, 0.25) is 0 Å². The fourth-order valence-corrected chi connectivity index (χ4v) is 6.79. The SMILES string of the molecule is CCCCCCCCCCCCCCCCCCCCCCCCCCCCCCC(=O)OC[C@H](COP(=O)(O)OC[C@H](N)C(=O)O)OC(C)=O. The lowest BCUT2D eigenvalue weighted by atomic mass is 10.0. The van der Waals surface area contributed by atoms with E-state index in [4.69, 9.17) is 24.8 Å². The number of carboxylic acids is 1. The van der Waals surface area contributed by atoms with Gasteiger partial charge in [-0.05, 0) is 6.42 Å². The standard InChI is InChI=1S/C39H76NO10P/c1-3-4-5-6-7-8-9-10-11-12-13-14-15-16-17-18-19-20-21-22-23-24-25-26-27-28-29-30-31-38(42)47-32-36(50-35(2)41)33-48-51(45,46)49-34-37(40)39(43)44/h36-37H,3-34,40H2,1-2H3,(H,43,44)(H,45,46)/t36-,37+/m1/s1. The van der Waals surface area contributed by atoms with E-state index in [1.165, 1.54) is 154 Å². The molecule has 11 nitrogen and oxygen atoms in total. The van der Waals surface area contributed by atoms with Gasteiger partial charge in [0.1, 0.15) is 12.6 Å². The van der Waals surface area contributed by atoms with Crippen molar-refractivity contribution in [1.82, 2.24) is 0 Å².